The number of benzene rings is 2. The minimum atomic E-state index is -0.459. The van der Waals surface area contributed by atoms with E-state index in [2.05, 4.69) is 48.6 Å². The van der Waals surface area contributed by atoms with Crippen LogP contribution in [0.1, 0.15) is 45.1 Å². The number of rotatable bonds is 3. The fourth-order valence-corrected chi connectivity index (χ4v) is 3.84. The maximum Gasteiger partial charge on any atom is 0.408 e. The molecule has 2 aromatic carbocycles. The Morgan fingerprint density at radius 3 is 2.52 bits per heavy atom. The van der Waals surface area contributed by atoms with Crippen LogP contribution < -0.4 is 10.1 Å². The Morgan fingerprint density at radius 1 is 1.08 bits per heavy atom. The quantitative estimate of drug-likeness (QED) is 0.877. The second-order valence-corrected chi connectivity index (χ2v) is 7.76. The summed E-state index contributed by atoms with van der Waals surface area (Å²) in [4.78, 5) is 11.4. The number of hydrogen-bond acceptors (Lipinski definition) is 3. The van der Waals surface area contributed by atoms with Gasteiger partial charge in [0.2, 0.25) is 0 Å². The lowest BCUT2D eigenvalue weighted by atomic mass is 9.89. The van der Waals surface area contributed by atoms with Crippen LogP contribution in [0.15, 0.2) is 36.4 Å². The van der Waals surface area contributed by atoms with Crippen LogP contribution in [0.2, 0.25) is 0 Å². The first kappa shape index (κ1) is 16.2. The first-order valence-electron chi connectivity index (χ1n) is 9.18. The Morgan fingerprint density at radius 2 is 1.80 bits per heavy atom. The van der Waals surface area contributed by atoms with E-state index in [1.165, 1.54) is 12.8 Å². The summed E-state index contributed by atoms with van der Waals surface area (Å²) in [5, 5.41) is 5.19. The molecule has 4 rings (SSSR count). The van der Waals surface area contributed by atoms with Gasteiger partial charge in [-0.2, -0.15) is 0 Å². The molecule has 1 heterocycles. The second kappa shape index (κ2) is 6.25. The minimum Gasteiger partial charge on any atom is -0.490 e. The minimum absolute atomic E-state index is 0.345. The number of fused-ring (bicyclic) bond motifs is 1. The molecule has 0 aromatic heterocycles. The van der Waals surface area contributed by atoms with E-state index in [4.69, 9.17) is 9.47 Å². The van der Waals surface area contributed by atoms with Gasteiger partial charge in [-0.15, -0.1) is 0 Å². The van der Waals surface area contributed by atoms with Gasteiger partial charge in [0, 0.05) is 0 Å². The molecule has 4 heteroatoms. The molecule has 2 aliphatic rings. The van der Waals surface area contributed by atoms with Gasteiger partial charge in [-0.3, -0.25) is 0 Å². The van der Waals surface area contributed by atoms with E-state index in [9.17, 15) is 4.79 Å². The third kappa shape index (κ3) is 3.30. The van der Waals surface area contributed by atoms with Crippen LogP contribution in [0.5, 0.6) is 5.75 Å². The second-order valence-electron chi connectivity index (χ2n) is 7.76. The topological polar surface area (TPSA) is 47.6 Å². The summed E-state index contributed by atoms with van der Waals surface area (Å²) < 4.78 is 11.3. The first-order chi connectivity index (χ1) is 12.0. The summed E-state index contributed by atoms with van der Waals surface area (Å²) in [6, 6.07) is 12.5. The maximum atomic E-state index is 11.4. The van der Waals surface area contributed by atoms with E-state index in [0.29, 0.717) is 12.7 Å². The highest BCUT2D eigenvalue weighted by molar-refractivity contribution is 5.85. The lowest BCUT2D eigenvalue weighted by Gasteiger charge is -2.27. The molecule has 132 valence electrons. The molecular weight excluding hydrogens is 314 g/mol. The van der Waals surface area contributed by atoms with Gasteiger partial charge in [0.05, 0.1) is 11.6 Å². The lowest BCUT2D eigenvalue weighted by molar-refractivity contribution is 0.135. The van der Waals surface area contributed by atoms with Gasteiger partial charge in [0.25, 0.3) is 0 Å². The van der Waals surface area contributed by atoms with Crippen molar-refractivity contribution in [3.63, 3.8) is 0 Å². The third-order valence-electron chi connectivity index (χ3n) is 5.58. The molecule has 1 unspecified atom stereocenters. The fraction of sp³-hybridized carbons (Fsp3) is 0.476. The molecule has 1 saturated carbocycles. The molecule has 1 saturated heterocycles. The Labute approximate surface area is 148 Å². The van der Waals surface area contributed by atoms with Crippen molar-refractivity contribution in [3.05, 3.63) is 42.0 Å². The Hall–Kier alpha value is -2.23. The van der Waals surface area contributed by atoms with E-state index in [0.717, 1.165) is 40.8 Å². The van der Waals surface area contributed by atoms with Crippen LogP contribution in [0.25, 0.3) is 10.8 Å². The lowest BCUT2D eigenvalue weighted by Crippen LogP contribution is -2.37. The van der Waals surface area contributed by atoms with Crippen LogP contribution >= 0.6 is 0 Å². The zero-order valence-corrected chi connectivity index (χ0v) is 14.9. The van der Waals surface area contributed by atoms with E-state index < -0.39 is 5.54 Å². The third-order valence-corrected chi connectivity index (χ3v) is 5.58. The van der Waals surface area contributed by atoms with Gasteiger partial charge in [-0.05, 0) is 73.1 Å². The molecule has 2 aromatic rings. The average molecular weight is 339 g/mol. The summed E-state index contributed by atoms with van der Waals surface area (Å²) in [6.45, 7) is 4.67. The van der Waals surface area contributed by atoms with E-state index in [1.54, 1.807) is 0 Å². The summed E-state index contributed by atoms with van der Waals surface area (Å²) in [5.41, 5.74) is 0.597. The zero-order valence-electron chi connectivity index (χ0n) is 14.9. The highest BCUT2D eigenvalue weighted by atomic mass is 16.6. The molecule has 0 spiro atoms. The summed E-state index contributed by atoms with van der Waals surface area (Å²) in [7, 11) is 0. The standard InChI is InChI=1S/C21H25NO3/c1-14-3-8-18(9-4-14)25-19-10-6-15-11-17(7-5-16(15)12-19)21(2)13-24-20(23)22-21/h5-7,10-12,14,18H,3-4,8-9,13H2,1-2H3,(H,22,23). The predicted molar refractivity (Wildman–Crippen MR) is 97.8 cm³/mol. The van der Waals surface area contributed by atoms with E-state index in [-0.39, 0.29) is 6.09 Å². The monoisotopic (exact) mass is 339 g/mol. The number of carbonyl (C=O) groups excluding carboxylic acids is 1. The van der Waals surface area contributed by atoms with E-state index in [1.807, 2.05) is 6.92 Å². The van der Waals surface area contributed by atoms with Gasteiger partial charge in [0.15, 0.2) is 0 Å². The largest absolute Gasteiger partial charge is 0.490 e. The van der Waals surface area contributed by atoms with Crippen molar-refractivity contribution in [2.75, 3.05) is 6.61 Å². The number of alkyl carbamates (subject to hydrolysis) is 1. The van der Waals surface area contributed by atoms with Crippen LogP contribution in [-0.4, -0.2) is 18.8 Å². The maximum absolute atomic E-state index is 11.4. The molecule has 25 heavy (non-hydrogen) atoms. The number of carbonyl (C=O) groups is 1. The molecule has 1 aliphatic heterocycles. The molecule has 4 nitrogen and oxygen atoms in total. The average Bonchev–Trinajstić information content (AvgIpc) is 2.97. The SMILES string of the molecule is CC1CCC(Oc2ccc3cc(C4(C)COC(=O)N4)ccc3c2)CC1. The highest BCUT2D eigenvalue weighted by Crippen LogP contribution is 2.31. The van der Waals surface area contributed by atoms with Crippen LogP contribution in [0, 0.1) is 5.92 Å². The summed E-state index contributed by atoms with van der Waals surface area (Å²) in [6.07, 6.45) is 4.81. The van der Waals surface area contributed by atoms with Crippen molar-refractivity contribution in [2.45, 2.75) is 51.2 Å². The van der Waals surface area contributed by atoms with Crippen molar-refractivity contribution >= 4 is 16.9 Å². The normalized spacial score (nSPS) is 29.3. The van der Waals surface area contributed by atoms with Gasteiger partial charge in [0.1, 0.15) is 12.4 Å². The number of amides is 1. The van der Waals surface area contributed by atoms with Crippen molar-refractivity contribution < 1.29 is 14.3 Å². The smallest absolute Gasteiger partial charge is 0.408 e. The molecule has 1 N–H and O–H groups in total. The Kier molecular flexibility index (Phi) is 4.06. The fourth-order valence-electron chi connectivity index (χ4n) is 3.84. The van der Waals surface area contributed by atoms with Gasteiger partial charge in [-0.25, -0.2) is 4.79 Å². The molecule has 0 radical (unpaired) electrons. The van der Waals surface area contributed by atoms with E-state index >= 15 is 0 Å². The van der Waals surface area contributed by atoms with Crippen LogP contribution in [0.4, 0.5) is 4.79 Å². The summed E-state index contributed by atoms with van der Waals surface area (Å²) >= 11 is 0. The molecular formula is C21H25NO3. The highest BCUT2D eigenvalue weighted by Gasteiger charge is 2.36. The number of nitrogens with one attached hydrogen (secondary N) is 1. The number of hydrogen-bond donors (Lipinski definition) is 1. The van der Waals surface area contributed by atoms with Crippen molar-refractivity contribution in [1.29, 1.82) is 0 Å². The van der Waals surface area contributed by atoms with Crippen molar-refractivity contribution in [2.24, 2.45) is 5.92 Å². The number of ether oxygens (including phenoxy) is 2. The Bertz CT molecular complexity index is 795. The molecule has 1 atom stereocenters. The summed E-state index contributed by atoms with van der Waals surface area (Å²) in [5.74, 6) is 1.78. The first-order valence-corrected chi connectivity index (χ1v) is 9.18. The van der Waals surface area contributed by atoms with Gasteiger partial charge < -0.3 is 14.8 Å². The molecule has 0 bridgehead atoms. The predicted octanol–water partition coefficient (Wildman–Crippen LogP) is 4.75. The van der Waals surface area contributed by atoms with Gasteiger partial charge in [-0.1, -0.05) is 25.1 Å². The Balaban J connectivity index is 1.54. The molecule has 1 aliphatic carbocycles. The molecule has 2 fully saturated rings. The van der Waals surface area contributed by atoms with Crippen LogP contribution in [-0.2, 0) is 10.3 Å². The molecule has 1 amide bonds. The zero-order chi connectivity index (χ0) is 17.4. The van der Waals surface area contributed by atoms with Crippen molar-refractivity contribution in [1.82, 2.24) is 5.32 Å². The van der Waals surface area contributed by atoms with Gasteiger partial charge >= 0.3 is 6.09 Å². The van der Waals surface area contributed by atoms with Crippen LogP contribution in [0.3, 0.4) is 0 Å². The number of cyclic esters (lactones) is 1. The van der Waals surface area contributed by atoms with Crippen molar-refractivity contribution in [3.8, 4) is 5.75 Å².